The summed E-state index contributed by atoms with van der Waals surface area (Å²) in [7, 11) is 1.61. The van der Waals surface area contributed by atoms with Gasteiger partial charge in [-0.15, -0.1) is 0 Å². The van der Waals surface area contributed by atoms with Crippen LogP contribution in [0.1, 0.15) is 41.4 Å². The molecule has 8 heteroatoms. The van der Waals surface area contributed by atoms with Crippen LogP contribution in [0, 0.1) is 5.41 Å². The summed E-state index contributed by atoms with van der Waals surface area (Å²) in [5.74, 6) is -0.160. The van der Waals surface area contributed by atoms with Gasteiger partial charge in [-0.05, 0) is 62.2 Å². The second kappa shape index (κ2) is 8.59. The van der Waals surface area contributed by atoms with E-state index in [-0.39, 0.29) is 11.5 Å². The van der Waals surface area contributed by atoms with Gasteiger partial charge in [0.25, 0.3) is 11.5 Å². The smallest absolute Gasteiger partial charge is 0.269 e. The van der Waals surface area contributed by atoms with E-state index in [9.17, 15) is 9.59 Å². The Labute approximate surface area is 193 Å². The molecule has 0 aliphatic carbocycles. The number of piperidine rings is 1. The van der Waals surface area contributed by atoms with E-state index < -0.39 is 0 Å². The van der Waals surface area contributed by atoms with Gasteiger partial charge in [-0.25, -0.2) is 4.98 Å². The zero-order chi connectivity index (χ0) is 23.0. The molecule has 0 saturated carbocycles. The van der Waals surface area contributed by atoms with Gasteiger partial charge in [-0.3, -0.25) is 19.5 Å². The van der Waals surface area contributed by atoms with Crippen LogP contribution in [0.25, 0.3) is 11.0 Å². The fourth-order valence-electron chi connectivity index (χ4n) is 5.06. The molecule has 3 aromatic rings. The average molecular weight is 447 g/mol. The van der Waals surface area contributed by atoms with Gasteiger partial charge in [-0.1, -0.05) is 6.92 Å². The highest BCUT2D eigenvalue weighted by molar-refractivity contribution is 5.92. The predicted octanol–water partition coefficient (Wildman–Crippen LogP) is 2.34. The summed E-state index contributed by atoms with van der Waals surface area (Å²) in [6.07, 6.45) is 6.79. The molecule has 2 aliphatic rings. The Morgan fingerprint density at radius 2 is 1.94 bits per heavy atom. The van der Waals surface area contributed by atoms with Gasteiger partial charge >= 0.3 is 0 Å². The number of hydrogen-bond acceptors (Lipinski definition) is 6. The topological polar surface area (TPSA) is 94.2 Å². The highest BCUT2D eigenvalue weighted by Gasteiger charge is 2.44. The van der Waals surface area contributed by atoms with E-state index in [2.05, 4.69) is 36.1 Å². The number of likely N-dealkylation sites (tertiary alicyclic amines) is 1. The summed E-state index contributed by atoms with van der Waals surface area (Å²) in [5.41, 5.74) is 5.46. The molecule has 1 spiro atoms. The number of pyridine rings is 3. The number of nitrogens with zero attached hydrogens (tertiary/aromatic N) is 4. The Morgan fingerprint density at radius 1 is 1.15 bits per heavy atom. The lowest BCUT2D eigenvalue weighted by Gasteiger charge is -2.55. The fourth-order valence-corrected chi connectivity index (χ4v) is 5.06. The Morgan fingerprint density at radius 3 is 2.61 bits per heavy atom. The van der Waals surface area contributed by atoms with Gasteiger partial charge in [0.1, 0.15) is 5.69 Å². The van der Waals surface area contributed by atoms with E-state index in [1.165, 1.54) is 12.8 Å². The monoisotopic (exact) mass is 446 g/mol. The van der Waals surface area contributed by atoms with Crippen molar-refractivity contribution < 1.29 is 4.79 Å². The molecule has 0 unspecified atom stereocenters. The van der Waals surface area contributed by atoms with E-state index in [1.807, 2.05) is 25.3 Å². The van der Waals surface area contributed by atoms with Gasteiger partial charge in [0.2, 0.25) is 0 Å². The number of H-pyrrole nitrogens is 1. The lowest BCUT2D eigenvalue weighted by Crippen LogP contribution is -2.60. The van der Waals surface area contributed by atoms with E-state index in [0.29, 0.717) is 17.5 Å². The quantitative estimate of drug-likeness (QED) is 0.625. The Hall–Kier alpha value is -3.26. The molecule has 2 aliphatic heterocycles. The van der Waals surface area contributed by atoms with Crippen LogP contribution in [-0.4, -0.2) is 59.0 Å². The molecule has 172 valence electrons. The lowest BCUT2D eigenvalue weighted by molar-refractivity contribution is 0.0723. The normalized spacial score (nSPS) is 17.8. The number of carbonyl (C=O) groups excluding carboxylic acids is 1. The molecule has 0 radical (unpaired) electrons. The van der Waals surface area contributed by atoms with Gasteiger partial charge in [-0.2, -0.15) is 0 Å². The standard InChI is InChI=1S/C25H30N6O2/c1-3-18-11-21-22(29-23(18)32)10-17(12-27-21)14-30-8-6-25(7-9-30)15-31(16-25)19-4-5-20(28-13-19)24(33)26-2/h4-5,10-13H,3,6-9,14-16H2,1-2H3,(H,26,33)(H,29,32). The zero-order valence-corrected chi connectivity index (χ0v) is 19.2. The minimum absolute atomic E-state index is 0.0168. The van der Waals surface area contributed by atoms with Gasteiger partial charge in [0, 0.05) is 43.9 Å². The molecular formula is C25H30N6O2. The van der Waals surface area contributed by atoms with Crippen molar-refractivity contribution in [3.05, 3.63) is 63.8 Å². The van der Waals surface area contributed by atoms with Crippen molar-refractivity contribution in [3.8, 4) is 0 Å². The molecule has 0 atom stereocenters. The number of amides is 1. The van der Waals surface area contributed by atoms with Crippen LogP contribution in [0.2, 0.25) is 0 Å². The molecule has 8 nitrogen and oxygen atoms in total. The summed E-state index contributed by atoms with van der Waals surface area (Å²) in [6, 6.07) is 7.73. The third-order valence-electron chi connectivity index (χ3n) is 7.16. The van der Waals surface area contributed by atoms with E-state index in [4.69, 9.17) is 0 Å². The van der Waals surface area contributed by atoms with E-state index in [1.54, 1.807) is 19.3 Å². The molecule has 2 N–H and O–H groups in total. The number of carbonyl (C=O) groups is 1. The third-order valence-corrected chi connectivity index (χ3v) is 7.16. The van der Waals surface area contributed by atoms with Gasteiger partial charge < -0.3 is 15.2 Å². The van der Waals surface area contributed by atoms with Crippen molar-refractivity contribution in [2.75, 3.05) is 38.1 Å². The van der Waals surface area contributed by atoms with Gasteiger partial charge in [0.15, 0.2) is 0 Å². The molecular weight excluding hydrogens is 416 g/mol. The Kier molecular flexibility index (Phi) is 5.62. The lowest BCUT2D eigenvalue weighted by atomic mass is 9.72. The maximum atomic E-state index is 12.1. The van der Waals surface area contributed by atoms with Gasteiger partial charge in [0.05, 0.1) is 22.9 Å². The van der Waals surface area contributed by atoms with Crippen LogP contribution in [0.15, 0.2) is 41.5 Å². The summed E-state index contributed by atoms with van der Waals surface area (Å²) < 4.78 is 0. The first-order valence-corrected chi connectivity index (χ1v) is 11.6. The summed E-state index contributed by atoms with van der Waals surface area (Å²) >= 11 is 0. The van der Waals surface area contributed by atoms with Crippen LogP contribution >= 0.6 is 0 Å². The number of aryl methyl sites for hydroxylation is 1. The van der Waals surface area contributed by atoms with E-state index >= 15 is 0 Å². The molecule has 1 amide bonds. The minimum atomic E-state index is -0.160. The number of anilines is 1. The van der Waals surface area contributed by atoms with Crippen molar-refractivity contribution in [2.24, 2.45) is 5.41 Å². The first-order valence-electron chi connectivity index (χ1n) is 11.6. The summed E-state index contributed by atoms with van der Waals surface area (Å²) in [5, 5.41) is 2.60. The van der Waals surface area contributed by atoms with Crippen LogP contribution < -0.4 is 15.8 Å². The number of hydrogen-bond donors (Lipinski definition) is 2. The summed E-state index contributed by atoms with van der Waals surface area (Å²) in [6.45, 7) is 7.04. The van der Waals surface area contributed by atoms with Crippen LogP contribution in [0.4, 0.5) is 5.69 Å². The van der Waals surface area contributed by atoms with Crippen molar-refractivity contribution in [2.45, 2.75) is 32.7 Å². The highest BCUT2D eigenvalue weighted by atomic mass is 16.1. The van der Waals surface area contributed by atoms with Crippen molar-refractivity contribution in [3.63, 3.8) is 0 Å². The van der Waals surface area contributed by atoms with E-state index in [0.717, 1.165) is 60.6 Å². The molecule has 2 saturated heterocycles. The first-order chi connectivity index (χ1) is 16.0. The molecule has 0 aromatic carbocycles. The predicted molar refractivity (Wildman–Crippen MR) is 129 cm³/mol. The first kappa shape index (κ1) is 21.6. The third kappa shape index (κ3) is 4.23. The molecule has 0 bridgehead atoms. The van der Waals surface area contributed by atoms with Crippen molar-refractivity contribution in [1.29, 1.82) is 0 Å². The second-order valence-corrected chi connectivity index (χ2v) is 9.37. The molecule has 33 heavy (non-hydrogen) atoms. The van der Waals surface area contributed by atoms with Crippen molar-refractivity contribution >= 4 is 22.6 Å². The van der Waals surface area contributed by atoms with Crippen LogP contribution in [-0.2, 0) is 13.0 Å². The second-order valence-electron chi connectivity index (χ2n) is 9.37. The minimum Gasteiger partial charge on any atom is -0.369 e. The largest absolute Gasteiger partial charge is 0.369 e. The van der Waals surface area contributed by atoms with Crippen LogP contribution in [0.5, 0.6) is 0 Å². The Balaban J connectivity index is 1.17. The number of fused-ring (bicyclic) bond motifs is 1. The SMILES string of the molecule is CCc1cc2ncc(CN3CCC4(CC3)CN(c3ccc(C(=O)NC)nc3)C4)cc2[nH]c1=O. The Bertz CT molecular complexity index is 1220. The fraction of sp³-hybridized carbons (Fsp3) is 0.440. The number of aromatic amines is 1. The number of aromatic nitrogens is 3. The zero-order valence-electron chi connectivity index (χ0n) is 19.2. The molecule has 2 fully saturated rings. The van der Waals surface area contributed by atoms with Crippen LogP contribution in [0.3, 0.4) is 0 Å². The maximum absolute atomic E-state index is 12.1. The van der Waals surface area contributed by atoms with Crippen molar-refractivity contribution in [1.82, 2.24) is 25.2 Å². The maximum Gasteiger partial charge on any atom is 0.269 e. The summed E-state index contributed by atoms with van der Waals surface area (Å²) in [4.78, 5) is 40.5. The average Bonchev–Trinajstić information content (AvgIpc) is 2.82. The number of rotatable bonds is 5. The molecule has 3 aromatic heterocycles. The molecule has 5 heterocycles. The molecule has 5 rings (SSSR count). The number of nitrogens with one attached hydrogen (secondary N) is 2. The highest BCUT2D eigenvalue weighted by Crippen LogP contribution is 2.42.